The van der Waals surface area contributed by atoms with E-state index in [0.717, 1.165) is 21.7 Å². The third kappa shape index (κ3) is 2.59. The van der Waals surface area contributed by atoms with Crippen molar-refractivity contribution in [2.45, 2.75) is 27.2 Å². The number of carbonyl (C=O) groups is 1. The number of hydrogen-bond donors (Lipinski definition) is 1. The molecule has 1 N–H and O–H groups in total. The van der Waals surface area contributed by atoms with E-state index in [4.69, 9.17) is 5.11 Å². The number of benzene rings is 1. The van der Waals surface area contributed by atoms with Crippen LogP contribution in [0.4, 0.5) is 0 Å². The van der Waals surface area contributed by atoms with E-state index < -0.39 is 5.97 Å². The van der Waals surface area contributed by atoms with E-state index in [2.05, 4.69) is 23.2 Å². The Kier molecular flexibility index (Phi) is 3.48. The molecule has 0 fully saturated rings. The van der Waals surface area contributed by atoms with Crippen LogP contribution >= 0.6 is 11.3 Å². The van der Waals surface area contributed by atoms with E-state index >= 15 is 0 Å². The average Bonchev–Trinajstić information content (AvgIpc) is 2.62. The van der Waals surface area contributed by atoms with Crippen molar-refractivity contribution in [2.75, 3.05) is 0 Å². The minimum absolute atomic E-state index is 0.00360. The molecule has 2 aromatic rings. The highest BCUT2D eigenvalue weighted by atomic mass is 32.1. The summed E-state index contributed by atoms with van der Waals surface area (Å²) in [6, 6.07) is 6.24. The molecule has 0 aliphatic heterocycles. The minimum atomic E-state index is -0.837. The summed E-state index contributed by atoms with van der Waals surface area (Å²) in [4.78, 5) is 16.2. The van der Waals surface area contributed by atoms with Crippen molar-refractivity contribution < 1.29 is 9.90 Å². The number of aryl methyl sites for hydroxylation is 3. The van der Waals surface area contributed by atoms with Crippen molar-refractivity contribution in [1.29, 1.82) is 0 Å². The first kappa shape index (κ1) is 12.8. The number of carboxylic acids is 1. The van der Waals surface area contributed by atoms with Crippen LogP contribution in [0, 0.1) is 20.8 Å². The largest absolute Gasteiger partial charge is 0.481 e. The molecular formula is C14H15NO2S. The van der Waals surface area contributed by atoms with E-state index in [1.54, 1.807) is 0 Å². The summed E-state index contributed by atoms with van der Waals surface area (Å²) in [5.74, 6) is -0.837. The molecule has 2 rings (SSSR count). The molecule has 1 aromatic carbocycles. The van der Waals surface area contributed by atoms with Crippen molar-refractivity contribution in [3.63, 3.8) is 0 Å². The van der Waals surface area contributed by atoms with Crippen molar-refractivity contribution >= 4 is 17.3 Å². The Balaban J connectivity index is 2.47. The molecular weight excluding hydrogens is 246 g/mol. The molecule has 0 bridgehead atoms. The third-order valence-electron chi connectivity index (χ3n) is 2.79. The summed E-state index contributed by atoms with van der Waals surface area (Å²) in [6.45, 7) is 6.08. The monoisotopic (exact) mass is 261 g/mol. The molecule has 18 heavy (non-hydrogen) atoms. The van der Waals surface area contributed by atoms with E-state index in [-0.39, 0.29) is 6.42 Å². The van der Waals surface area contributed by atoms with E-state index in [9.17, 15) is 4.79 Å². The number of carboxylic acid groups (broad SMARTS) is 1. The van der Waals surface area contributed by atoms with Gasteiger partial charge in [0.1, 0.15) is 5.01 Å². The lowest BCUT2D eigenvalue weighted by atomic mass is 10.0. The second kappa shape index (κ2) is 4.90. The highest BCUT2D eigenvalue weighted by Gasteiger charge is 2.13. The maximum Gasteiger partial charge on any atom is 0.310 e. The van der Waals surface area contributed by atoms with Crippen LogP contribution in [-0.4, -0.2) is 16.1 Å². The van der Waals surface area contributed by atoms with Crippen LogP contribution in [0.3, 0.4) is 0 Å². The fraction of sp³-hybridized carbons (Fsp3) is 0.286. The standard InChI is InChI=1S/C14H15NO2S/c1-8-4-5-9(2)11(6-8)14-10(3)18-12(15-14)7-13(16)17/h4-6H,7H2,1-3H3,(H,16,17). The highest BCUT2D eigenvalue weighted by molar-refractivity contribution is 7.12. The number of thiazole rings is 1. The zero-order valence-electron chi connectivity index (χ0n) is 10.7. The molecule has 0 aliphatic rings. The van der Waals surface area contributed by atoms with Gasteiger partial charge in [-0.15, -0.1) is 11.3 Å². The van der Waals surface area contributed by atoms with Gasteiger partial charge in [0.25, 0.3) is 0 Å². The number of nitrogens with zero attached hydrogens (tertiary/aromatic N) is 1. The first-order chi connectivity index (χ1) is 8.47. The normalized spacial score (nSPS) is 10.6. The Labute approximate surface area is 110 Å². The van der Waals surface area contributed by atoms with E-state index in [1.165, 1.54) is 16.9 Å². The topological polar surface area (TPSA) is 50.2 Å². The molecule has 0 saturated carbocycles. The van der Waals surface area contributed by atoms with Crippen molar-refractivity contribution in [2.24, 2.45) is 0 Å². The SMILES string of the molecule is Cc1ccc(C)c(-c2nc(CC(=O)O)sc2C)c1. The molecule has 0 aliphatic carbocycles. The second-order valence-corrected chi connectivity index (χ2v) is 5.69. The predicted molar refractivity (Wildman–Crippen MR) is 73.1 cm³/mol. The first-order valence-corrected chi connectivity index (χ1v) is 6.54. The smallest absolute Gasteiger partial charge is 0.310 e. The summed E-state index contributed by atoms with van der Waals surface area (Å²) in [5.41, 5.74) is 4.36. The van der Waals surface area contributed by atoms with Gasteiger partial charge in [0, 0.05) is 10.4 Å². The van der Waals surface area contributed by atoms with Gasteiger partial charge >= 0.3 is 5.97 Å². The van der Waals surface area contributed by atoms with Gasteiger partial charge in [-0.25, -0.2) is 4.98 Å². The van der Waals surface area contributed by atoms with Gasteiger partial charge in [0.15, 0.2) is 0 Å². The number of aromatic nitrogens is 1. The van der Waals surface area contributed by atoms with Gasteiger partial charge in [-0.2, -0.15) is 0 Å². The Morgan fingerprint density at radius 3 is 2.72 bits per heavy atom. The average molecular weight is 261 g/mol. The Morgan fingerprint density at radius 1 is 1.33 bits per heavy atom. The summed E-state index contributed by atoms with van der Waals surface area (Å²) in [5, 5.41) is 9.47. The van der Waals surface area contributed by atoms with Crippen LogP contribution in [0.1, 0.15) is 21.0 Å². The predicted octanol–water partition coefficient (Wildman–Crippen LogP) is 3.36. The number of aliphatic carboxylic acids is 1. The maximum absolute atomic E-state index is 10.7. The molecule has 1 heterocycles. The van der Waals surface area contributed by atoms with Crippen LogP contribution in [0.15, 0.2) is 18.2 Å². The number of hydrogen-bond acceptors (Lipinski definition) is 3. The van der Waals surface area contributed by atoms with Crippen molar-refractivity contribution in [3.05, 3.63) is 39.2 Å². The van der Waals surface area contributed by atoms with Gasteiger partial charge in [0.2, 0.25) is 0 Å². The highest BCUT2D eigenvalue weighted by Crippen LogP contribution is 2.30. The van der Waals surface area contributed by atoms with Crippen molar-refractivity contribution in [3.8, 4) is 11.3 Å². The van der Waals surface area contributed by atoms with Crippen LogP contribution in [-0.2, 0) is 11.2 Å². The molecule has 0 radical (unpaired) electrons. The van der Waals surface area contributed by atoms with Gasteiger partial charge in [0.05, 0.1) is 12.1 Å². The molecule has 0 saturated heterocycles. The zero-order valence-corrected chi connectivity index (χ0v) is 11.5. The Morgan fingerprint density at radius 2 is 2.06 bits per heavy atom. The fourth-order valence-electron chi connectivity index (χ4n) is 1.90. The van der Waals surface area contributed by atoms with Crippen LogP contribution < -0.4 is 0 Å². The first-order valence-electron chi connectivity index (χ1n) is 5.73. The summed E-state index contributed by atoms with van der Waals surface area (Å²) in [6.07, 6.45) is -0.00360. The molecule has 0 unspecified atom stereocenters. The zero-order chi connectivity index (χ0) is 13.3. The Hall–Kier alpha value is -1.68. The quantitative estimate of drug-likeness (QED) is 0.921. The molecule has 94 valence electrons. The number of rotatable bonds is 3. The maximum atomic E-state index is 10.7. The van der Waals surface area contributed by atoms with Crippen LogP contribution in [0.25, 0.3) is 11.3 Å². The fourth-order valence-corrected chi connectivity index (χ4v) is 2.84. The van der Waals surface area contributed by atoms with Crippen molar-refractivity contribution in [1.82, 2.24) is 4.98 Å². The lowest BCUT2D eigenvalue weighted by Gasteiger charge is -2.05. The lowest BCUT2D eigenvalue weighted by Crippen LogP contribution is -1.99. The minimum Gasteiger partial charge on any atom is -0.481 e. The van der Waals surface area contributed by atoms with E-state index in [0.29, 0.717) is 5.01 Å². The second-order valence-electron chi connectivity index (χ2n) is 4.40. The van der Waals surface area contributed by atoms with Gasteiger partial charge in [-0.3, -0.25) is 4.79 Å². The van der Waals surface area contributed by atoms with Gasteiger partial charge in [-0.1, -0.05) is 17.7 Å². The molecule has 0 spiro atoms. The molecule has 4 heteroatoms. The van der Waals surface area contributed by atoms with Gasteiger partial charge in [-0.05, 0) is 32.4 Å². The van der Waals surface area contributed by atoms with Crippen LogP contribution in [0.5, 0.6) is 0 Å². The van der Waals surface area contributed by atoms with E-state index in [1.807, 2.05) is 20.8 Å². The molecule has 0 atom stereocenters. The third-order valence-corrected chi connectivity index (χ3v) is 3.76. The molecule has 1 aromatic heterocycles. The summed E-state index contributed by atoms with van der Waals surface area (Å²) in [7, 11) is 0. The Bertz CT molecular complexity index is 602. The van der Waals surface area contributed by atoms with Gasteiger partial charge < -0.3 is 5.11 Å². The lowest BCUT2D eigenvalue weighted by molar-refractivity contribution is -0.136. The summed E-state index contributed by atoms with van der Waals surface area (Å²) >= 11 is 1.46. The summed E-state index contributed by atoms with van der Waals surface area (Å²) < 4.78 is 0. The molecule has 0 amide bonds. The van der Waals surface area contributed by atoms with Crippen LogP contribution in [0.2, 0.25) is 0 Å². The molecule has 3 nitrogen and oxygen atoms in total.